The molecule has 2 aliphatic carbocycles. The minimum atomic E-state index is 0. The van der Waals surface area contributed by atoms with Crippen molar-refractivity contribution in [1.29, 1.82) is 0 Å². The van der Waals surface area contributed by atoms with Crippen molar-refractivity contribution in [2.75, 3.05) is 0 Å². The predicted octanol–water partition coefficient (Wildman–Crippen LogP) is 1.98. The van der Waals surface area contributed by atoms with E-state index in [-0.39, 0.29) is 51.0 Å². The Bertz CT molecular complexity index is 1710. The first-order valence-electron chi connectivity index (χ1n) is 12.9. The van der Waals surface area contributed by atoms with Crippen LogP contribution in [-0.4, -0.2) is 9.13 Å². The minimum Gasteiger partial charge on any atom is -1.00 e. The fourth-order valence-electron chi connectivity index (χ4n) is 7.29. The van der Waals surface area contributed by atoms with Crippen molar-refractivity contribution in [3.8, 4) is 22.5 Å². The summed E-state index contributed by atoms with van der Waals surface area (Å²) < 4.78 is 4.76. The van der Waals surface area contributed by atoms with Crippen LogP contribution in [0.2, 0.25) is 0 Å². The Balaban J connectivity index is 0.00000103. The monoisotopic (exact) mass is 622 g/mol. The summed E-state index contributed by atoms with van der Waals surface area (Å²) >= 11 is 0. The molecule has 0 radical (unpaired) electrons. The fraction of sp³-hybridized carbons (Fsp3) is 0.176. The van der Waals surface area contributed by atoms with Crippen LogP contribution in [0, 0.1) is 12.1 Å². The molecule has 190 valence electrons. The van der Waals surface area contributed by atoms with Crippen LogP contribution in [0.1, 0.15) is 46.9 Å². The number of rotatable bonds is 3. The Morgan fingerprint density at radius 3 is 1.44 bits per heavy atom. The average molecular weight is 625 g/mol. The quantitative estimate of drug-likeness (QED) is 0.267. The van der Waals surface area contributed by atoms with Crippen molar-refractivity contribution in [3.63, 3.8) is 0 Å². The second-order valence-electron chi connectivity index (χ2n) is 10.4. The summed E-state index contributed by atoms with van der Waals surface area (Å²) in [5, 5.41) is 2.56. The van der Waals surface area contributed by atoms with Crippen LogP contribution in [0.25, 0.3) is 44.3 Å². The van der Waals surface area contributed by atoms with Gasteiger partial charge in [0.1, 0.15) is 0 Å². The van der Waals surface area contributed by atoms with Crippen molar-refractivity contribution in [2.24, 2.45) is 14.1 Å². The number of halogens is 2. The van der Waals surface area contributed by atoms with Gasteiger partial charge < -0.3 is 33.9 Å². The molecule has 0 bridgehead atoms. The van der Waals surface area contributed by atoms with Crippen molar-refractivity contribution in [3.05, 3.63) is 119 Å². The Morgan fingerprint density at radius 1 is 0.590 bits per heavy atom. The molecular formula is C34H26Cl2N2Zr. The third-order valence-corrected chi connectivity index (χ3v) is 8.73. The van der Waals surface area contributed by atoms with Gasteiger partial charge in [-0.15, -0.1) is 59.3 Å². The molecule has 0 fully saturated rings. The Labute approximate surface area is 261 Å². The molecule has 8 rings (SSSR count). The van der Waals surface area contributed by atoms with Gasteiger partial charge in [0, 0.05) is 25.5 Å². The molecule has 2 unspecified atom stereocenters. The van der Waals surface area contributed by atoms with Crippen LogP contribution < -0.4 is 24.8 Å². The third-order valence-electron chi connectivity index (χ3n) is 8.73. The van der Waals surface area contributed by atoms with E-state index in [9.17, 15) is 0 Å². The largest absolute Gasteiger partial charge is 4.00 e. The molecule has 0 saturated carbocycles. The molecule has 39 heavy (non-hydrogen) atoms. The second-order valence-corrected chi connectivity index (χ2v) is 10.4. The third kappa shape index (κ3) is 3.77. The van der Waals surface area contributed by atoms with Crippen LogP contribution in [0.4, 0.5) is 0 Å². The van der Waals surface area contributed by atoms with Gasteiger partial charge >= 0.3 is 26.2 Å². The summed E-state index contributed by atoms with van der Waals surface area (Å²) in [5.41, 5.74) is 13.9. The summed E-state index contributed by atoms with van der Waals surface area (Å²) in [6.45, 7) is 0. The van der Waals surface area contributed by atoms with Gasteiger partial charge in [0.25, 0.3) is 0 Å². The van der Waals surface area contributed by atoms with E-state index in [0.717, 1.165) is 12.8 Å². The molecule has 2 aliphatic rings. The minimum absolute atomic E-state index is 0. The van der Waals surface area contributed by atoms with Crippen LogP contribution in [0.5, 0.6) is 0 Å². The molecule has 0 saturated heterocycles. The van der Waals surface area contributed by atoms with Crippen molar-refractivity contribution in [2.45, 2.75) is 24.7 Å². The van der Waals surface area contributed by atoms with Gasteiger partial charge in [-0.1, -0.05) is 72.5 Å². The zero-order valence-electron chi connectivity index (χ0n) is 21.8. The average Bonchev–Trinajstić information content (AvgIpc) is 3.61. The SMILES string of the molecule is Cn1c2c(c3[c-]cccc31)C(CCC1c3ccccc3-c3c1c1[c-]cccc1n3C)c1ccccc1-2.[Cl-].[Cl-].[Zr+4]. The molecule has 0 spiro atoms. The normalized spacial score (nSPS) is 16.1. The second kappa shape index (κ2) is 10.4. The number of fused-ring (bicyclic) bond motifs is 10. The molecular weight excluding hydrogens is 599 g/mol. The van der Waals surface area contributed by atoms with E-state index < -0.39 is 0 Å². The summed E-state index contributed by atoms with van der Waals surface area (Å²) in [4.78, 5) is 0. The molecule has 0 aliphatic heterocycles. The standard InChI is InChI=1S/C34H26N2.2ClH.Zr/c1-35-29-17-9-7-15-27(29)31-23(21-11-3-5-13-25(21)33(31)35)19-20-24-22-12-4-6-14-26(22)34-32(24)28-16-8-10-18-30(28)36(34)2;;;/h3-14,17-18,23-24H,19-20H2,1-2H3;2*1H;/q-2;;;+4/p-2. The number of benzene rings is 4. The van der Waals surface area contributed by atoms with Crippen LogP contribution >= 0.6 is 0 Å². The number of hydrogen-bond acceptors (Lipinski definition) is 0. The smallest absolute Gasteiger partial charge is 1.00 e. The summed E-state index contributed by atoms with van der Waals surface area (Å²) in [7, 11) is 4.42. The molecule has 2 heterocycles. The van der Waals surface area contributed by atoms with Gasteiger partial charge in [-0.3, -0.25) is 0 Å². The van der Waals surface area contributed by atoms with Crippen LogP contribution in [0.3, 0.4) is 0 Å². The van der Waals surface area contributed by atoms with Crippen LogP contribution in [-0.2, 0) is 40.3 Å². The number of nitrogens with zero attached hydrogens (tertiary/aromatic N) is 2. The van der Waals surface area contributed by atoms with Gasteiger partial charge in [-0.05, 0) is 45.1 Å². The fourth-order valence-corrected chi connectivity index (χ4v) is 7.29. The molecule has 0 N–H and O–H groups in total. The first kappa shape index (κ1) is 28.0. The van der Waals surface area contributed by atoms with Gasteiger partial charge in [0.05, 0.1) is 0 Å². The number of aromatic nitrogens is 2. The number of aryl methyl sites for hydroxylation is 2. The van der Waals surface area contributed by atoms with Gasteiger partial charge in [0.2, 0.25) is 0 Å². The van der Waals surface area contributed by atoms with E-state index in [2.05, 4.69) is 120 Å². The summed E-state index contributed by atoms with van der Waals surface area (Å²) in [5.74, 6) is 0.766. The summed E-state index contributed by atoms with van der Waals surface area (Å²) in [6.07, 6.45) is 2.21. The molecule has 4 aromatic carbocycles. The zero-order chi connectivity index (χ0) is 24.0. The van der Waals surface area contributed by atoms with Crippen molar-refractivity contribution < 1.29 is 51.0 Å². The first-order chi connectivity index (χ1) is 17.7. The number of hydrogen-bond donors (Lipinski definition) is 0. The van der Waals surface area contributed by atoms with E-state index in [1.54, 1.807) is 0 Å². The van der Waals surface area contributed by atoms with Crippen molar-refractivity contribution >= 4 is 21.8 Å². The van der Waals surface area contributed by atoms with Gasteiger partial charge in [-0.25, -0.2) is 0 Å². The Morgan fingerprint density at radius 2 is 1.00 bits per heavy atom. The molecule has 0 amide bonds. The van der Waals surface area contributed by atoms with E-state index in [0.29, 0.717) is 11.8 Å². The maximum Gasteiger partial charge on any atom is 4.00 e. The van der Waals surface area contributed by atoms with E-state index in [1.165, 1.54) is 66.6 Å². The van der Waals surface area contributed by atoms with E-state index in [1.807, 2.05) is 0 Å². The Kier molecular flexibility index (Phi) is 7.48. The van der Waals surface area contributed by atoms with Gasteiger partial charge in [0.15, 0.2) is 0 Å². The molecule has 2 atom stereocenters. The van der Waals surface area contributed by atoms with Gasteiger partial charge in [-0.2, -0.15) is 0 Å². The van der Waals surface area contributed by atoms with Crippen LogP contribution in [0.15, 0.2) is 84.9 Å². The molecule has 6 aromatic rings. The molecule has 2 aromatic heterocycles. The zero-order valence-corrected chi connectivity index (χ0v) is 25.8. The Hall–Kier alpha value is -2.58. The maximum atomic E-state index is 3.59. The molecule has 5 heteroatoms. The molecule has 2 nitrogen and oxygen atoms in total. The first-order valence-corrected chi connectivity index (χ1v) is 12.9. The van der Waals surface area contributed by atoms with Crippen molar-refractivity contribution in [1.82, 2.24) is 9.13 Å². The predicted molar refractivity (Wildman–Crippen MR) is 147 cm³/mol. The topological polar surface area (TPSA) is 9.86 Å². The maximum absolute atomic E-state index is 3.59. The summed E-state index contributed by atoms with van der Waals surface area (Å²) in [6, 6.07) is 38.0. The van der Waals surface area contributed by atoms with E-state index in [4.69, 9.17) is 0 Å². The van der Waals surface area contributed by atoms with E-state index >= 15 is 0 Å².